The van der Waals surface area contributed by atoms with E-state index in [-0.39, 0.29) is 36.7 Å². The van der Waals surface area contributed by atoms with Crippen LogP contribution in [0.1, 0.15) is 88.0 Å². The molecule has 0 aromatic heterocycles. The second kappa shape index (κ2) is 20.7. The van der Waals surface area contributed by atoms with Crippen LogP contribution in [0.3, 0.4) is 0 Å². The molecule has 0 spiro atoms. The number of carbonyl (C=O) groups is 6. The van der Waals surface area contributed by atoms with Crippen LogP contribution in [0.5, 0.6) is 0 Å². The van der Waals surface area contributed by atoms with E-state index in [4.69, 9.17) is 5.11 Å². The van der Waals surface area contributed by atoms with E-state index >= 15 is 0 Å². The molecule has 0 aliphatic carbocycles. The molecule has 0 aliphatic rings. The lowest BCUT2D eigenvalue weighted by Gasteiger charge is -2.31. The number of aliphatic hydroxyl groups excluding tert-OH is 3. The molecule has 0 fully saturated rings. The predicted molar refractivity (Wildman–Crippen MR) is 170 cm³/mol. The first-order chi connectivity index (χ1) is 21.2. The highest BCUT2D eigenvalue weighted by atomic mass is 16.4. The Balaban J connectivity index is 5.57. The Labute approximate surface area is 272 Å². The predicted octanol–water partition coefficient (Wildman–Crippen LogP) is -0.587. The summed E-state index contributed by atoms with van der Waals surface area (Å²) in [7, 11) is 0. The van der Waals surface area contributed by atoms with Crippen LogP contribution in [0.4, 0.5) is 0 Å². The third-order valence-electron chi connectivity index (χ3n) is 7.38. The average Bonchev–Trinajstić information content (AvgIpc) is 2.92. The summed E-state index contributed by atoms with van der Waals surface area (Å²) in [6.45, 7) is 14.8. The fourth-order valence-electron chi connectivity index (χ4n) is 4.77. The summed E-state index contributed by atoms with van der Waals surface area (Å²) >= 11 is 0. The Morgan fingerprint density at radius 1 is 0.609 bits per heavy atom. The summed E-state index contributed by atoms with van der Waals surface area (Å²) in [5.74, 6) is -5.12. The van der Waals surface area contributed by atoms with Crippen LogP contribution < -0.4 is 26.6 Å². The molecular weight excluding hydrogens is 602 g/mol. The molecule has 9 N–H and O–H groups in total. The summed E-state index contributed by atoms with van der Waals surface area (Å²) in [6, 6.07) is -4.86. The lowest BCUT2D eigenvalue weighted by atomic mass is 9.95. The fraction of sp³-hybridized carbons (Fsp3) is 0.806. The highest BCUT2D eigenvalue weighted by molar-refractivity contribution is 5.92. The molecule has 15 nitrogen and oxygen atoms in total. The first kappa shape index (κ1) is 42.7. The van der Waals surface area contributed by atoms with E-state index < -0.39 is 90.8 Å². The van der Waals surface area contributed by atoms with E-state index in [0.29, 0.717) is 6.42 Å². The van der Waals surface area contributed by atoms with Crippen molar-refractivity contribution in [3.63, 3.8) is 0 Å². The van der Waals surface area contributed by atoms with Gasteiger partial charge in [0.25, 0.3) is 0 Å². The zero-order valence-electron chi connectivity index (χ0n) is 28.6. The van der Waals surface area contributed by atoms with E-state index in [2.05, 4.69) is 26.6 Å². The molecular formula is C31H57N5O10. The Kier molecular flexibility index (Phi) is 19.3. The van der Waals surface area contributed by atoms with Gasteiger partial charge in [-0.25, -0.2) is 0 Å². The zero-order valence-corrected chi connectivity index (χ0v) is 28.6. The van der Waals surface area contributed by atoms with Gasteiger partial charge in [-0.2, -0.15) is 0 Å². The van der Waals surface area contributed by atoms with Gasteiger partial charge < -0.3 is 47.0 Å². The van der Waals surface area contributed by atoms with Gasteiger partial charge in [0.1, 0.15) is 18.1 Å². The summed E-state index contributed by atoms with van der Waals surface area (Å²) < 4.78 is 0. The molecule has 0 rings (SSSR count). The van der Waals surface area contributed by atoms with Gasteiger partial charge in [0.2, 0.25) is 29.5 Å². The zero-order chi connectivity index (χ0) is 35.9. The minimum Gasteiger partial charge on any atom is -0.481 e. The van der Waals surface area contributed by atoms with Crippen molar-refractivity contribution in [1.82, 2.24) is 26.6 Å². The molecule has 0 radical (unpaired) electrons. The summed E-state index contributed by atoms with van der Waals surface area (Å²) in [5.41, 5.74) is 0. The lowest BCUT2D eigenvalue weighted by Crippen LogP contribution is -2.59. The van der Waals surface area contributed by atoms with Crippen molar-refractivity contribution in [2.45, 2.75) is 130 Å². The van der Waals surface area contributed by atoms with Crippen LogP contribution in [-0.2, 0) is 28.8 Å². The molecule has 0 aromatic rings. The normalized spacial score (nSPS) is 16.8. The highest BCUT2D eigenvalue weighted by Crippen LogP contribution is 2.15. The van der Waals surface area contributed by atoms with Crippen LogP contribution in [0.15, 0.2) is 0 Å². The minimum atomic E-state index is -1.43. The lowest BCUT2D eigenvalue weighted by molar-refractivity contribution is -0.140. The molecule has 0 aliphatic heterocycles. The number of aliphatic carboxylic acids is 1. The fourth-order valence-corrected chi connectivity index (χ4v) is 4.77. The summed E-state index contributed by atoms with van der Waals surface area (Å²) in [6.07, 6.45) is -3.51. The first-order valence-corrected chi connectivity index (χ1v) is 15.9. The molecule has 5 amide bonds. The van der Waals surface area contributed by atoms with Gasteiger partial charge in [-0.3, -0.25) is 28.8 Å². The van der Waals surface area contributed by atoms with Crippen molar-refractivity contribution in [3.05, 3.63) is 0 Å². The first-order valence-electron chi connectivity index (χ1n) is 15.9. The van der Waals surface area contributed by atoms with E-state index in [9.17, 15) is 44.1 Å². The quantitative estimate of drug-likeness (QED) is 0.0758. The maximum absolute atomic E-state index is 13.4. The molecule has 266 valence electrons. The Hall–Kier alpha value is -3.30. The van der Waals surface area contributed by atoms with Gasteiger partial charge in [-0.05, 0) is 43.4 Å². The molecule has 0 saturated carbocycles. The number of rotatable bonds is 21. The van der Waals surface area contributed by atoms with Gasteiger partial charge in [-0.1, -0.05) is 48.5 Å². The SMILES string of the molecule is CC(=O)N[C@H](C(=O)N[C@H](C(=O)N[C@H](CC(C)C)[C@H](O)CC(=O)N[C@H](C)C(=O)N[C@H](C[C@H](C)CO)[C@H](O)CC(=O)O)C(C)C)C(C)C. The smallest absolute Gasteiger partial charge is 0.306 e. The molecule has 0 saturated heterocycles. The van der Waals surface area contributed by atoms with Gasteiger partial charge in [-0.15, -0.1) is 0 Å². The average molecular weight is 660 g/mol. The summed E-state index contributed by atoms with van der Waals surface area (Å²) in [4.78, 5) is 74.6. The van der Waals surface area contributed by atoms with Crippen molar-refractivity contribution in [3.8, 4) is 0 Å². The number of hydrogen-bond acceptors (Lipinski definition) is 9. The highest BCUT2D eigenvalue weighted by Gasteiger charge is 2.33. The van der Waals surface area contributed by atoms with Crippen molar-refractivity contribution in [2.24, 2.45) is 23.7 Å². The third kappa shape index (κ3) is 16.3. The van der Waals surface area contributed by atoms with E-state index in [0.717, 1.165) is 0 Å². The number of carboxylic acid groups (broad SMARTS) is 1. The van der Waals surface area contributed by atoms with Crippen molar-refractivity contribution >= 4 is 35.5 Å². The second-order valence-electron chi connectivity index (χ2n) is 13.3. The number of amides is 5. The van der Waals surface area contributed by atoms with Crippen LogP contribution in [-0.4, -0.2) is 105 Å². The number of aliphatic hydroxyl groups is 3. The van der Waals surface area contributed by atoms with Crippen molar-refractivity contribution in [1.29, 1.82) is 0 Å². The van der Waals surface area contributed by atoms with Crippen LogP contribution in [0.2, 0.25) is 0 Å². The van der Waals surface area contributed by atoms with Crippen molar-refractivity contribution < 1.29 is 49.2 Å². The maximum Gasteiger partial charge on any atom is 0.306 e. The Morgan fingerprint density at radius 2 is 1.07 bits per heavy atom. The minimum absolute atomic E-state index is 0.000340. The number of carboxylic acids is 1. The topological polar surface area (TPSA) is 243 Å². The maximum atomic E-state index is 13.4. The molecule has 46 heavy (non-hydrogen) atoms. The standard InChI is InChI=1S/C31H57N5O10/c1-15(2)10-21(35-30(45)28(17(5)6)36-31(46)27(16(3)4)33-20(9)38)23(39)12-25(41)32-19(8)29(44)34-22(11-18(7)14-37)24(40)13-26(42)43/h15-19,21-24,27-28,37,39-40H,10-14H2,1-9H3,(H,32,41)(H,33,38)(H,34,44)(H,35,45)(H,36,46)(H,42,43)/t18-,19+,21+,22+,23+,24+,27-,28-/m0/s1. The van der Waals surface area contributed by atoms with Gasteiger partial charge >= 0.3 is 5.97 Å². The molecule has 0 heterocycles. The Bertz CT molecular complexity index is 1020. The number of hydrogen-bond donors (Lipinski definition) is 9. The van der Waals surface area contributed by atoms with Gasteiger partial charge in [0.15, 0.2) is 0 Å². The number of nitrogens with one attached hydrogen (secondary N) is 5. The Morgan fingerprint density at radius 3 is 1.52 bits per heavy atom. The molecule has 0 unspecified atom stereocenters. The summed E-state index contributed by atoms with van der Waals surface area (Å²) in [5, 5.41) is 52.7. The number of carbonyl (C=O) groups excluding carboxylic acids is 5. The van der Waals surface area contributed by atoms with E-state index in [1.807, 2.05) is 13.8 Å². The van der Waals surface area contributed by atoms with Crippen molar-refractivity contribution in [2.75, 3.05) is 6.61 Å². The molecule has 0 aromatic carbocycles. The third-order valence-corrected chi connectivity index (χ3v) is 7.38. The van der Waals surface area contributed by atoms with Gasteiger partial charge in [0.05, 0.1) is 37.1 Å². The van der Waals surface area contributed by atoms with Crippen LogP contribution >= 0.6 is 0 Å². The molecule has 0 bridgehead atoms. The van der Waals surface area contributed by atoms with E-state index in [1.54, 1.807) is 34.6 Å². The second-order valence-corrected chi connectivity index (χ2v) is 13.3. The van der Waals surface area contributed by atoms with E-state index in [1.165, 1.54) is 13.8 Å². The largest absolute Gasteiger partial charge is 0.481 e. The molecule has 15 heteroatoms. The monoisotopic (exact) mass is 659 g/mol. The van der Waals surface area contributed by atoms with Crippen LogP contribution in [0, 0.1) is 23.7 Å². The van der Waals surface area contributed by atoms with Crippen LogP contribution in [0.25, 0.3) is 0 Å². The van der Waals surface area contributed by atoms with Gasteiger partial charge in [0, 0.05) is 13.5 Å². The molecule has 8 atom stereocenters.